The lowest BCUT2D eigenvalue weighted by atomic mass is 10.0. The first-order valence-electron chi connectivity index (χ1n) is 6.20. The van der Waals surface area contributed by atoms with Crippen LogP contribution in [0.4, 0.5) is 5.82 Å². The largest absolute Gasteiger partial charge is 0.354 e. The van der Waals surface area contributed by atoms with Gasteiger partial charge in [0.25, 0.3) is 5.78 Å². The van der Waals surface area contributed by atoms with Gasteiger partial charge in [-0.3, -0.25) is 0 Å². The highest BCUT2D eigenvalue weighted by molar-refractivity contribution is 5.48. The molecule has 1 fully saturated rings. The maximum atomic E-state index is 4.38. The minimum Gasteiger partial charge on any atom is -0.354 e. The van der Waals surface area contributed by atoms with E-state index >= 15 is 0 Å². The van der Waals surface area contributed by atoms with E-state index in [-0.39, 0.29) is 0 Å². The van der Waals surface area contributed by atoms with Crippen molar-refractivity contribution in [2.75, 3.05) is 11.4 Å². The van der Waals surface area contributed by atoms with Gasteiger partial charge in [-0.2, -0.15) is 14.6 Å². The summed E-state index contributed by atoms with van der Waals surface area (Å²) < 4.78 is 1.84. The summed E-state index contributed by atoms with van der Waals surface area (Å²) >= 11 is 0. The van der Waals surface area contributed by atoms with Crippen molar-refractivity contribution in [3.05, 3.63) is 18.1 Å². The van der Waals surface area contributed by atoms with Crippen LogP contribution in [0.5, 0.6) is 0 Å². The molecule has 2 aromatic heterocycles. The van der Waals surface area contributed by atoms with Gasteiger partial charge >= 0.3 is 0 Å². The van der Waals surface area contributed by atoms with E-state index in [2.05, 4.69) is 33.0 Å². The van der Waals surface area contributed by atoms with Gasteiger partial charge in [0.2, 0.25) is 0 Å². The molecule has 0 aliphatic carbocycles. The molecule has 0 N–H and O–H groups in total. The Labute approximate surface area is 100 Å². The van der Waals surface area contributed by atoms with Crippen molar-refractivity contribution in [1.29, 1.82) is 0 Å². The van der Waals surface area contributed by atoms with Gasteiger partial charge in [-0.1, -0.05) is 0 Å². The van der Waals surface area contributed by atoms with Crippen LogP contribution in [-0.4, -0.2) is 32.2 Å². The van der Waals surface area contributed by atoms with Gasteiger partial charge in [0.1, 0.15) is 12.1 Å². The molecule has 17 heavy (non-hydrogen) atoms. The number of fused-ring (bicyclic) bond motifs is 1. The second-order valence-corrected chi connectivity index (χ2v) is 4.77. The fourth-order valence-corrected chi connectivity index (χ4v) is 2.55. The molecule has 3 heterocycles. The molecule has 0 radical (unpaired) electrons. The molecule has 90 valence electrons. The fourth-order valence-electron chi connectivity index (χ4n) is 2.55. The fraction of sp³-hybridized carbons (Fsp3) is 0.583. The van der Waals surface area contributed by atoms with Crippen molar-refractivity contribution in [3.63, 3.8) is 0 Å². The molecule has 0 spiro atoms. The molecule has 5 nitrogen and oxygen atoms in total. The smallest absolute Gasteiger partial charge is 0.254 e. The predicted octanol–water partition coefficient (Wildman–Crippen LogP) is 1.81. The van der Waals surface area contributed by atoms with E-state index in [9.17, 15) is 0 Å². The van der Waals surface area contributed by atoms with Crippen LogP contribution in [0.3, 0.4) is 0 Å². The third kappa shape index (κ3) is 1.75. The Morgan fingerprint density at radius 2 is 2.24 bits per heavy atom. The highest BCUT2D eigenvalue weighted by Crippen LogP contribution is 2.24. The van der Waals surface area contributed by atoms with Gasteiger partial charge < -0.3 is 4.90 Å². The van der Waals surface area contributed by atoms with Crippen LogP contribution in [0.25, 0.3) is 5.78 Å². The van der Waals surface area contributed by atoms with Crippen LogP contribution < -0.4 is 4.90 Å². The summed E-state index contributed by atoms with van der Waals surface area (Å²) in [5, 5.41) is 4.27. The third-order valence-electron chi connectivity index (χ3n) is 3.46. The van der Waals surface area contributed by atoms with Gasteiger partial charge in [-0.05, 0) is 33.1 Å². The molecule has 0 aromatic carbocycles. The lowest BCUT2D eigenvalue weighted by molar-refractivity contribution is 0.477. The normalized spacial score (nSPS) is 21.1. The summed E-state index contributed by atoms with van der Waals surface area (Å²) in [5.74, 6) is 1.81. The van der Waals surface area contributed by atoms with Gasteiger partial charge in [0.15, 0.2) is 0 Å². The maximum absolute atomic E-state index is 4.38. The average Bonchev–Trinajstić information content (AvgIpc) is 2.76. The Balaban J connectivity index is 2.11. The average molecular weight is 231 g/mol. The van der Waals surface area contributed by atoms with Crippen LogP contribution >= 0.6 is 0 Å². The second kappa shape index (κ2) is 3.98. The number of anilines is 1. The molecule has 0 saturated carbocycles. The van der Waals surface area contributed by atoms with Gasteiger partial charge in [-0.25, -0.2) is 4.98 Å². The Hall–Kier alpha value is -1.65. The van der Waals surface area contributed by atoms with Gasteiger partial charge in [-0.15, -0.1) is 0 Å². The van der Waals surface area contributed by atoms with E-state index in [1.165, 1.54) is 19.3 Å². The zero-order valence-electron chi connectivity index (χ0n) is 10.3. The minimum atomic E-state index is 0.568. The van der Waals surface area contributed by atoms with Crippen molar-refractivity contribution in [1.82, 2.24) is 19.6 Å². The first-order chi connectivity index (χ1) is 8.25. The molecular weight excluding hydrogens is 214 g/mol. The molecular formula is C12H17N5. The standard InChI is InChI=1S/C12H17N5/c1-9-7-11(16-6-4-3-5-10(16)2)17-12(15-9)13-8-14-17/h7-8,10H,3-6H2,1-2H3. The third-order valence-corrected chi connectivity index (χ3v) is 3.46. The lowest BCUT2D eigenvalue weighted by Crippen LogP contribution is -2.38. The Bertz CT molecular complexity index is 533. The predicted molar refractivity (Wildman–Crippen MR) is 66.2 cm³/mol. The topological polar surface area (TPSA) is 46.3 Å². The number of aromatic nitrogens is 4. The molecule has 0 bridgehead atoms. The monoisotopic (exact) mass is 231 g/mol. The summed E-state index contributed by atoms with van der Waals surface area (Å²) in [6.07, 6.45) is 5.39. The van der Waals surface area contributed by atoms with E-state index in [1.807, 2.05) is 11.4 Å². The summed E-state index contributed by atoms with van der Waals surface area (Å²) in [5.41, 5.74) is 0.998. The first-order valence-corrected chi connectivity index (χ1v) is 6.20. The zero-order chi connectivity index (χ0) is 11.8. The van der Waals surface area contributed by atoms with E-state index in [1.54, 1.807) is 6.33 Å². The molecule has 1 saturated heterocycles. The Morgan fingerprint density at radius 1 is 1.35 bits per heavy atom. The number of aryl methyl sites for hydroxylation is 1. The first kappa shape index (κ1) is 10.5. The summed E-state index contributed by atoms with van der Waals surface area (Å²) in [6.45, 7) is 5.38. The number of hydrogen-bond acceptors (Lipinski definition) is 4. The van der Waals surface area contributed by atoms with Gasteiger partial charge in [0, 0.05) is 24.3 Å². The lowest BCUT2D eigenvalue weighted by Gasteiger charge is -2.35. The van der Waals surface area contributed by atoms with Crippen LogP contribution in [0.1, 0.15) is 31.9 Å². The molecule has 1 aliphatic rings. The molecule has 3 rings (SSSR count). The van der Waals surface area contributed by atoms with Gasteiger partial charge in [0.05, 0.1) is 0 Å². The second-order valence-electron chi connectivity index (χ2n) is 4.77. The SMILES string of the molecule is Cc1cc(N2CCCCC2C)n2ncnc2n1. The van der Waals surface area contributed by atoms with Crippen LogP contribution in [0.15, 0.2) is 12.4 Å². The van der Waals surface area contributed by atoms with E-state index in [0.29, 0.717) is 11.8 Å². The zero-order valence-corrected chi connectivity index (χ0v) is 10.3. The summed E-state index contributed by atoms with van der Waals surface area (Å²) in [6, 6.07) is 2.67. The van der Waals surface area contributed by atoms with Crippen LogP contribution in [0.2, 0.25) is 0 Å². The van der Waals surface area contributed by atoms with Crippen LogP contribution in [0, 0.1) is 6.92 Å². The van der Waals surface area contributed by atoms with Crippen molar-refractivity contribution in [2.45, 2.75) is 39.2 Å². The van der Waals surface area contributed by atoms with Crippen molar-refractivity contribution < 1.29 is 0 Å². The maximum Gasteiger partial charge on any atom is 0.254 e. The van der Waals surface area contributed by atoms with E-state index < -0.39 is 0 Å². The quantitative estimate of drug-likeness (QED) is 0.751. The molecule has 1 aliphatic heterocycles. The highest BCUT2D eigenvalue weighted by Gasteiger charge is 2.21. The number of piperidine rings is 1. The molecule has 1 unspecified atom stereocenters. The van der Waals surface area contributed by atoms with E-state index in [4.69, 9.17) is 0 Å². The highest BCUT2D eigenvalue weighted by atomic mass is 15.4. The number of hydrogen-bond donors (Lipinski definition) is 0. The number of nitrogens with zero attached hydrogens (tertiary/aromatic N) is 5. The van der Waals surface area contributed by atoms with Crippen molar-refractivity contribution >= 4 is 11.6 Å². The Kier molecular flexibility index (Phi) is 2.46. The van der Waals surface area contributed by atoms with Crippen molar-refractivity contribution in [3.8, 4) is 0 Å². The number of rotatable bonds is 1. The summed E-state index contributed by atoms with van der Waals surface area (Å²) in [4.78, 5) is 11.0. The van der Waals surface area contributed by atoms with Crippen LogP contribution in [-0.2, 0) is 0 Å². The molecule has 2 aromatic rings. The van der Waals surface area contributed by atoms with E-state index in [0.717, 1.165) is 18.1 Å². The molecule has 0 amide bonds. The van der Waals surface area contributed by atoms with Crippen molar-refractivity contribution in [2.24, 2.45) is 0 Å². The summed E-state index contributed by atoms with van der Waals surface area (Å²) in [7, 11) is 0. The molecule has 1 atom stereocenters. The minimum absolute atomic E-state index is 0.568. The Morgan fingerprint density at radius 3 is 3.06 bits per heavy atom. The molecule has 5 heteroatoms.